The van der Waals surface area contributed by atoms with Gasteiger partial charge in [-0.15, -0.1) is 0 Å². The van der Waals surface area contributed by atoms with Gasteiger partial charge in [0.05, 0.1) is 23.1 Å². The normalized spacial score (nSPS) is 21.7. The summed E-state index contributed by atoms with van der Waals surface area (Å²) < 4.78 is 40.6. The molecule has 1 fully saturated rings. The van der Waals surface area contributed by atoms with Crippen LogP contribution in [-0.2, 0) is 10.0 Å². The number of nitrogens with one attached hydrogen (secondary N) is 1. The number of benzene rings is 1. The largest absolute Gasteiger partial charge is 0.486 e. The Hall–Kier alpha value is -1.78. The Morgan fingerprint density at radius 3 is 2.68 bits per heavy atom. The average Bonchev–Trinajstić information content (AvgIpc) is 2.91. The Bertz CT molecular complexity index is 667. The topological polar surface area (TPSA) is 125 Å². The third-order valence-corrected chi connectivity index (χ3v) is 4.50. The van der Waals surface area contributed by atoms with Crippen molar-refractivity contribution in [2.75, 3.05) is 26.4 Å². The lowest BCUT2D eigenvalue weighted by Gasteiger charge is -2.16. The third kappa shape index (κ3) is 3.70. The molecule has 0 amide bonds. The molecule has 1 aliphatic rings. The fraction of sp³-hybridized carbons (Fsp3) is 0.500. The number of halogens is 1. The molecule has 1 heterocycles. The van der Waals surface area contributed by atoms with E-state index >= 15 is 0 Å². The molecule has 10 heteroatoms. The highest BCUT2D eigenvalue weighted by molar-refractivity contribution is 7.89. The van der Waals surface area contributed by atoms with Crippen LogP contribution in [-0.4, -0.2) is 39.7 Å². The Morgan fingerprint density at radius 1 is 1.41 bits per heavy atom. The Balaban J connectivity index is 2.18. The molecule has 1 aliphatic heterocycles. The molecule has 0 aromatic heterocycles. The van der Waals surface area contributed by atoms with Crippen molar-refractivity contribution < 1.29 is 22.5 Å². The molecule has 0 radical (unpaired) electrons. The number of nitro groups is 1. The van der Waals surface area contributed by atoms with Crippen molar-refractivity contribution >= 4 is 15.7 Å². The smallest absolute Gasteiger partial charge is 0.312 e. The molecule has 1 aromatic rings. The minimum atomic E-state index is -4.04. The van der Waals surface area contributed by atoms with Gasteiger partial charge in [0, 0.05) is 31.0 Å². The highest BCUT2D eigenvalue weighted by Crippen LogP contribution is 2.30. The van der Waals surface area contributed by atoms with Crippen LogP contribution < -0.4 is 15.2 Å². The number of ether oxygens (including phenoxy) is 1. The van der Waals surface area contributed by atoms with Gasteiger partial charge in [-0.2, -0.15) is 0 Å². The molecule has 0 spiro atoms. The first-order valence-corrected chi connectivity index (χ1v) is 8.08. The van der Waals surface area contributed by atoms with Crippen molar-refractivity contribution in [3.05, 3.63) is 28.3 Å². The first kappa shape index (κ1) is 16.6. The number of primary sulfonamides is 1. The molecule has 1 aromatic carbocycles. The van der Waals surface area contributed by atoms with Gasteiger partial charge in [-0.3, -0.25) is 14.5 Å². The van der Waals surface area contributed by atoms with Gasteiger partial charge in [0.2, 0.25) is 10.0 Å². The minimum absolute atomic E-state index is 0.0677. The summed E-state index contributed by atoms with van der Waals surface area (Å²) in [6, 6.07) is 3.17. The second kappa shape index (κ2) is 6.55. The van der Waals surface area contributed by atoms with Gasteiger partial charge in [0.1, 0.15) is 0 Å². The summed E-state index contributed by atoms with van der Waals surface area (Å²) in [4.78, 5) is 9.92. The second-order valence-corrected chi connectivity index (χ2v) is 6.64. The van der Waals surface area contributed by atoms with E-state index in [9.17, 15) is 22.9 Å². The number of hydrogen-bond donors (Lipinski definition) is 2. The van der Waals surface area contributed by atoms with E-state index in [0.29, 0.717) is 13.1 Å². The highest BCUT2D eigenvalue weighted by atomic mass is 32.2. The monoisotopic (exact) mass is 333 g/mol. The van der Waals surface area contributed by atoms with Crippen molar-refractivity contribution in [2.45, 2.75) is 4.90 Å². The molecule has 2 rings (SSSR count). The zero-order valence-electron chi connectivity index (χ0n) is 11.6. The molecule has 22 heavy (non-hydrogen) atoms. The molecule has 1 saturated heterocycles. The molecule has 8 nitrogen and oxygen atoms in total. The van der Waals surface area contributed by atoms with Gasteiger partial charge < -0.3 is 10.1 Å². The van der Waals surface area contributed by atoms with Gasteiger partial charge in [-0.1, -0.05) is 0 Å². The standard InChI is InChI=1S/C12H16FN3O5S/c13-4-8-5-15-6-9(8)7-21-12-2-1-10(22(14,19)20)3-11(12)16(17)18/h1-3,8-9,15H,4-7H2,(H2,14,19,20). The maximum Gasteiger partial charge on any atom is 0.312 e. The van der Waals surface area contributed by atoms with Crippen LogP contribution >= 0.6 is 0 Å². The Labute approximate surface area is 126 Å². The molecule has 0 aliphatic carbocycles. The molecule has 122 valence electrons. The van der Waals surface area contributed by atoms with E-state index in [0.717, 1.165) is 12.1 Å². The first-order valence-electron chi connectivity index (χ1n) is 6.53. The third-order valence-electron chi connectivity index (χ3n) is 3.59. The number of sulfonamides is 1. The van der Waals surface area contributed by atoms with Crippen LogP contribution in [0, 0.1) is 22.0 Å². The predicted octanol–water partition coefficient (Wildman–Crippen LogP) is 0.426. The fourth-order valence-electron chi connectivity index (χ4n) is 2.30. The maximum atomic E-state index is 12.8. The number of alkyl halides is 1. The number of nitrogens with zero attached hydrogens (tertiary/aromatic N) is 1. The summed E-state index contributed by atoms with van der Waals surface area (Å²) in [5, 5.41) is 19.0. The van der Waals surface area contributed by atoms with Crippen LogP contribution in [0.5, 0.6) is 5.75 Å². The number of rotatable bonds is 6. The van der Waals surface area contributed by atoms with Crippen molar-refractivity contribution in [3.8, 4) is 5.75 Å². The van der Waals surface area contributed by atoms with Crippen molar-refractivity contribution in [1.82, 2.24) is 5.32 Å². The SMILES string of the molecule is NS(=O)(=O)c1ccc(OCC2CNCC2CF)c([N+](=O)[O-])c1. The summed E-state index contributed by atoms with van der Waals surface area (Å²) in [6.07, 6.45) is 0. The fourth-order valence-corrected chi connectivity index (χ4v) is 2.83. The first-order chi connectivity index (χ1) is 10.3. The zero-order chi connectivity index (χ0) is 16.3. The van der Waals surface area contributed by atoms with Gasteiger partial charge in [-0.25, -0.2) is 13.6 Å². The number of nitro benzene ring substituents is 1. The minimum Gasteiger partial charge on any atom is -0.486 e. The van der Waals surface area contributed by atoms with E-state index in [-0.39, 0.29) is 29.1 Å². The van der Waals surface area contributed by atoms with Crippen LogP contribution in [0.15, 0.2) is 23.1 Å². The Kier molecular flexibility index (Phi) is 4.94. The number of hydrogen-bond acceptors (Lipinski definition) is 6. The zero-order valence-corrected chi connectivity index (χ0v) is 12.4. The Morgan fingerprint density at radius 2 is 2.09 bits per heavy atom. The molecule has 0 saturated carbocycles. The lowest BCUT2D eigenvalue weighted by molar-refractivity contribution is -0.386. The molecule has 2 unspecified atom stereocenters. The summed E-state index contributed by atoms with van der Waals surface area (Å²) in [5.41, 5.74) is -0.491. The van der Waals surface area contributed by atoms with Crippen LogP contribution in [0.4, 0.5) is 10.1 Å². The van der Waals surface area contributed by atoms with Crippen molar-refractivity contribution in [2.24, 2.45) is 17.0 Å². The summed E-state index contributed by atoms with van der Waals surface area (Å²) >= 11 is 0. The predicted molar refractivity (Wildman–Crippen MR) is 75.8 cm³/mol. The van der Waals surface area contributed by atoms with Crippen molar-refractivity contribution in [3.63, 3.8) is 0 Å². The molecule has 2 atom stereocenters. The highest BCUT2D eigenvalue weighted by Gasteiger charge is 2.28. The van der Waals surface area contributed by atoms with Crippen LogP contribution in [0.3, 0.4) is 0 Å². The van der Waals surface area contributed by atoms with Gasteiger partial charge >= 0.3 is 5.69 Å². The van der Waals surface area contributed by atoms with Crippen LogP contribution in [0.1, 0.15) is 0 Å². The lowest BCUT2D eigenvalue weighted by Crippen LogP contribution is -2.22. The van der Waals surface area contributed by atoms with Gasteiger partial charge in [0.25, 0.3) is 0 Å². The van der Waals surface area contributed by atoms with Crippen molar-refractivity contribution in [1.29, 1.82) is 0 Å². The van der Waals surface area contributed by atoms with Crippen LogP contribution in [0.25, 0.3) is 0 Å². The summed E-state index contributed by atoms with van der Waals surface area (Å²) in [5.74, 6) is -0.354. The number of nitrogens with two attached hydrogens (primary N) is 1. The maximum absolute atomic E-state index is 12.8. The van der Waals surface area contributed by atoms with Gasteiger partial charge in [0.15, 0.2) is 5.75 Å². The molecular weight excluding hydrogens is 317 g/mol. The van der Waals surface area contributed by atoms with Gasteiger partial charge in [-0.05, 0) is 12.1 Å². The molecule has 0 bridgehead atoms. The quantitative estimate of drug-likeness (QED) is 0.574. The second-order valence-electron chi connectivity index (χ2n) is 5.08. The van der Waals surface area contributed by atoms with E-state index < -0.39 is 27.3 Å². The van der Waals surface area contributed by atoms with Crippen LogP contribution in [0.2, 0.25) is 0 Å². The summed E-state index contributed by atoms with van der Waals surface area (Å²) in [7, 11) is -4.04. The molecular formula is C12H16FN3O5S. The van der Waals surface area contributed by atoms with E-state index in [1.54, 1.807) is 0 Å². The van der Waals surface area contributed by atoms with E-state index in [4.69, 9.17) is 9.88 Å². The lowest BCUT2D eigenvalue weighted by atomic mass is 9.98. The average molecular weight is 333 g/mol. The van der Waals surface area contributed by atoms with E-state index in [1.807, 2.05) is 0 Å². The molecule has 3 N–H and O–H groups in total. The van der Waals surface area contributed by atoms with E-state index in [2.05, 4.69) is 5.32 Å². The van der Waals surface area contributed by atoms with E-state index in [1.165, 1.54) is 6.07 Å². The summed E-state index contributed by atoms with van der Waals surface area (Å²) in [6.45, 7) is 0.721.